The average molecular weight is 425 g/mol. The summed E-state index contributed by atoms with van der Waals surface area (Å²) in [7, 11) is 1.52. The van der Waals surface area contributed by atoms with Crippen molar-refractivity contribution in [2.45, 2.75) is 6.04 Å². The van der Waals surface area contributed by atoms with Crippen molar-refractivity contribution in [1.82, 2.24) is 0 Å². The molecule has 0 bridgehead atoms. The minimum atomic E-state index is -0.915. The number of ketones is 1. The minimum Gasteiger partial charge on any atom is -0.507 e. The third kappa shape index (κ3) is 3.04. The maximum atomic E-state index is 13.3. The first-order valence-electron chi connectivity index (χ1n) is 10.1. The summed E-state index contributed by atoms with van der Waals surface area (Å²) in [5.74, 6) is -0.897. The number of hydrogen-bond acceptors (Lipinski definition) is 5. The number of benzene rings is 3. The maximum absolute atomic E-state index is 13.3. The van der Waals surface area contributed by atoms with Crippen LogP contribution in [-0.2, 0) is 9.59 Å². The van der Waals surface area contributed by atoms with Crippen LogP contribution in [0, 0.1) is 0 Å². The van der Waals surface area contributed by atoms with Gasteiger partial charge in [-0.2, -0.15) is 0 Å². The number of fused-ring (bicyclic) bond motifs is 1. The van der Waals surface area contributed by atoms with Crippen molar-refractivity contribution in [3.8, 4) is 5.75 Å². The standard InChI is InChI=1S/C26H19NO5/c1-31-18-10-4-9-17(15-18)24(28)22-23(21-13-6-14-32-21)27(26(30)25(22)29)20-12-5-8-16-7-2-3-11-19(16)20/h2-15,23,28H,1H3/b24-22-. The van der Waals surface area contributed by atoms with Crippen LogP contribution >= 0.6 is 0 Å². The van der Waals surface area contributed by atoms with Crippen molar-refractivity contribution < 1.29 is 23.8 Å². The van der Waals surface area contributed by atoms with Crippen molar-refractivity contribution in [3.05, 3.63) is 102 Å². The molecule has 1 amide bonds. The monoisotopic (exact) mass is 425 g/mol. The van der Waals surface area contributed by atoms with Crippen molar-refractivity contribution in [2.75, 3.05) is 12.0 Å². The molecule has 6 heteroatoms. The molecule has 3 aromatic carbocycles. The quantitative estimate of drug-likeness (QED) is 0.281. The van der Waals surface area contributed by atoms with E-state index in [9.17, 15) is 14.7 Å². The van der Waals surface area contributed by atoms with Gasteiger partial charge in [-0.25, -0.2) is 0 Å². The predicted molar refractivity (Wildman–Crippen MR) is 120 cm³/mol. The lowest BCUT2D eigenvalue weighted by Crippen LogP contribution is -2.29. The Balaban J connectivity index is 1.75. The first-order valence-corrected chi connectivity index (χ1v) is 10.1. The molecule has 0 radical (unpaired) electrons. The molecule has 1 fully saturated rings. The number of anilines is 1. The molecule has 0 aliphatic carbocycles. The molecule has 1 atom stereocenters. The predicted octanol–water partition coefficient (Wildman–Crippen LogP) is 5.07. The number of carbonyl (C=O) groups excluding carboxylic acids is 2. The summed E-state index contributed by atoms with van der Waals surface area (Å²) >= 11 is 0. The van der Waals surface area contributed by atoms with Gasteiger partial charge in [0.1, 0.15) is 23.3 Å². The number of aliphatic hydroxyl groups excluding tert-OH is 1. The lowest BCUT2D eigenvalue weighted by Gasteiger charge is -2.24. The van der Waals surface area contributed by atoms with Crippen LogP contribution in [0.25, 0.3) is 16.5 Å². The fourth-order valence-corrected chi connectivity index (χ4v) is 4.14. The summed E-state index contributed by atoms with van der Waals surface area (Å²) in [5.41, 5.74) is 0.902. The van der Waals surface area contributed by atoms with Gasteiger partial charge in [0, 0.05) is 10.9 Å². The highest BCUT2D eigenvalue weighted by Crippen LogP contribution is 2.44. The van der Waals surface area contributed by atoms with Gasteiger partial charge in [-0.3, -0.25) is 14.5 Å². The molecule has 1 N–H and O–H groups in total. The Morgan fingerprint density at radius 3 is 2.53 bits per heavy atom. The number of amides is 1. The van der Waals surface area contributed by atoms with E-state index in [1.165, 1.54) is 18.3 Å². The number of furan rings is 1. The van der Waals surface area contributed by atoms with Crippen molar-refractivity contribution in [2.24, 2.45) is 0 Å². The van der Waals surface area contributed by atoms with E-state index in [0.717, 1.165) is 10.8 Å². The van der Waals surface area contributed by atoms with Crippen LogP contribution in [0.15, 0.2) is 95.1 Å². The summed E-state index contributed by atoms with van der Waals surface area (Å²) in [6, 6.07) is 22.3. The Hall–Kier alpha value is -4.32. The van der Waals surface area contributed by atoms with Crippen molar-refractivity contribution in [3.63, 3.8) is 0 Å². The van der Waals surface area contributed by atoms with E-state index in [1.807, 2.05) is 36.4 Å². The SMILES string of the molecule is COc1cccc(/C(O)=C2/C(=O)C(=O)N(c3cccc4ccccc34)C2c2ccco2)c1. The van der Waals surface area contributed by atoms with Crippen LogP contribution in [0.1, 0.15) is 17.4 Å². The number of nitrogens with zero attached hydrogens (tertiary/aromatic N) is 1. The van der Waals surface area contributed by atoms with Crippen LogP contribution in [0.4, 0.5) is 5.69 Å². The normalized spacial score (nSPS) is 17.8. The van der Waals surface area contributed by atoms with Crippen LogP contribution in [-0.4, -0.2) is 23.9 Å². The number of aliphatic hydroxyl groups is 1. The van der Waals surface area contributed by atoms with E-state index >= 15 is 0 Å². The lowest BCUT2D eigenvalue weighted by molar-refractivity contribution is -0.132. The molecular formula is C26H19NO5. The molecule has 0 saturated carbocycles. The van der Waals surface area contributed by atoms with Gasteiger partial charge in [0.05, 0.1) is 24.6 Å². The topological polar surface area (TPSA) is 80.0 Å². The highest BCUT2D eigenvalue weighted by Gasteiger charge is 2.48. The molecule has 6 nitrogen and oxygen atoms in total. The molecule has 158 valence electrons. The Morgan fingerprint density at radius 1 is 0.969 bits per heavy atom. The number of hydrogen-bond donors (Lipinski definition) is 1. The number of methoxy groups -OCH3 is 1. The van der Waals surface area contributed by atoms with Gasteiger partial charge < -0.3 is 14.3 Å². The number of rotatable bonds is 4. The van der Waals surface area contributed by atoms with E-state index in [1.54, 1.807) is 42.5 Å². The molecular weight excluding hydrogens is 406 g/mol. The van der Waals surface area contributed by atoms with Crippen molar-refractivity contribution in [1.29, 1.82) is 0 Å². The van der Waals surface area contributed by atoms with E-state index in [4.69, 9.17) is 9.15 Å². The van der Waals surface area contributed by atoms with Crippen LogP contribution < -0.4 is 9.64 Å². The molecule has 4 aromatic rings. The highest BCUT2D eigenvalue weighted by molar-refractivity contribution is 6.52. The van der Waals surface area contributed by atoms with Gasteiger partial charge in [0.2, 0.25) is 0 Å². The molecule has 0 spiro atoms. The third-order valence-electron chi connectivity index (χ3n) is 5.63. The van der Waals surface area contributed by atoms with E-state index in [2.05, 4.69) is 0 Å². The van der Waals surface area contributed by atoms with Crippen LogP contribution in [0.5, 0.6) is 5.75 Å². The van der Waals surface area contributed by atoms with E-state index < -0.39 is 17.7 Å². The average Bonchev–Trinajstić information content (AvgIpc) is 3.45. The summed E-state index contributed by atoms with van der Waals surface area (Å²) in [6.07, 6.45) is 1.48. The molecule has 1 aromatic heterocycles. The number of ether oxygens (including phenoxy) is 1. The molecule has 32 heavy (non-hydrogen) atoms. The first kappa shape index (κ1) is 19.6. The fraction of sp³-hybridized carbons (Fsp3) is 0.0769. The van der Waals surface area contributed by atoms with Gasteiger partial charge in [-0.1, -0.05) is 48.5 Å². The lowest BCUT2D eigenvalue weighted by atomic mass is 9.98. The van der Waals surface area contributed by atoms with Crippen LogP contribution in [0.2, 0.25) is 0 Å². The summed E-state index contributed by atoms with van der Waals surface area (Å²) in [5, 5.41) is 12.9. The third-order valence-corrected chi connectivity index (χ3v) is 5.63. The van der Waals surface area contributed by atoms with Crippen molar-refractivity contribution >= 4 is 33.9 Å². The Morgan fingerprint density at radius 2 is 1.75 bits per heavy atom. The zero-order valence-corrected chi connectivity index (χ0v) is 17.2. The second-order valence-corrected chi connectivity index (χ2v) is 7.41. The Bertz CT molecular complexity index is 1360. The largest absolute Gasteiger partial charge is 0.507 e. The van der Waals surface area contributed by atoms with E-state index in [0.29, 0.717) is 22.8 Å². The second kappa shape index (κ2) is 7.74. The zero-order valence-electron chi connectivity index (χ0n) is 17.2. The summed E-state index contributed by atoms with van der Waals surface area (Å²) < 4.78 is 10.9. The molecule has 1 aliphatic heterocycles. The zero-order chi connectivity index (χ0) is 22.2. The van der Waals surface area contributed by atoms with Gasteiger partial charge in [0.25, 0.3) is 11.7 Å². The molecule has 1 saturated heterocycles. The van der Waals surface area contributed by atoms with Crippen LogP contribution in [0.3, 0.4) is 0 Å². The number of carbonyl (C=O) groups is 2. The molecule has 1 aliphatic rings. The van der Waals surface area contributed by atoms with Gasteiger partial charge >= 0.3 is 0 Å². The fourth-order valence-electron chi connectivity index (χ4n) is 4.14. The smallest absolute Gasteiger partial charge is 0.300 e. The minimum absolute atomic E-state index is 0.0360. The molecule has 2 heterocycles. The second-order valence-electron chi connectivity index (χ2n) is 7.41. The van der Waals surface area contributed by atoms with Gasteiger partial charge in [-0.15, -0.1) is 0 Å². The number of Topliss-reactive ketones (excluding diaryl/α,β-unsaturated/α-hetero) is 1. The van der Waals surface area contributed by atoms with Gasteiger partial charge in [-0.05, 0) is 35.7 Å². The first-order chi connectivity index (χ1) is 15.6. The molecule has 5 rings (SSSR count). The summed E-state index contributed by atoms with van der Waals surface area (Å²) in [4.78, 5) is 27.9. The molecule has 1 unspecified atom stereocenters. The maximum Gasteiger partial charge on any atom is 0.300 e. The Labute approximate surface area is 184 Å². The Kier molecular flexibility index (Phi) is 4.75. The van der Waals surface area contributed by atoms with Gasteiger partial charge in [0.15, 0.2) is 0 Å². The summed E-state index contributed by atoms with van der Waals surface area (Å²) in [6.45, 7) is 0. The highest BCUT2D eigenvalue weighted by atomic mass is 16.5. The van der Waals surface area contributed by atoms with E-state index in [-0.39, 0.29) is 11.3 Å².